The lowest BCUT2D eigenvalue weighted by atomic mass is 10.0. The average molecular weight is 290 g/mol. The number of fused-ring (bicyclic) bond motifs is 1. The summed E-state index contributed by atoms with van der Waals surface area (Å²) in [6, 6.07) is 13.4. The van der Waals surface area contributed by atoms with Gasteiger partial charge in [-0.15, -0.1) is 0 Å². The standard InChI is InChI=1S/C17H14N4O/c1-2-15(22)20-13-7-3-5-11(9-13)14-8-4-6-12-10-19-17(18)21-16(12)14/h2-10H,1H2,(H,20,22)(H2,18,19,21). The van der Waals surface area contributed by atoms with Crippen LogP contribution in [0.25, 0.3) is 22.0 Å². The van der Waals surface area contributed by atoms with Crippen LogP contribution in [0.3, 0.4) is 0 Å². The molecule has 22 heavy (non-hydrogen) atoms. The number of aromatic nitrogens is 2. The summed E-state index contributed by atoms with van der Waals surface area (Å²) in [5.41, 5.74) is 9.04. The molecule has 0 bridgehead atoms. The predicted molar refractivity (Wildman–Crippen MR) is 88.2 cm³/mol. The average Bonchev–Trinajstić information content (AvgIpc) is 2.54. The number of carbonyl (C=O) groups is 1. The molecule has 1 amide bonds. The summed E-state index contributed by atoms with van der Waals surface area (Å²) >= 11 is 0. The van der Waals surface area contributed by atoms with Gasteiger partial charge in [-0.1, -0.05) is 36.9 Å². The van der Waals surface area contributed by atoms with E-state index < -0.39 is 0 Å². The first kappa shape index (κ1) is 13.8. The van der Waals surface area contributed by atoms with Crippen LogP contribution in [0.2, 0.25) is 0 Å². The first-order chi connectivity index (χ1) is 10.7. The zero-order valence-corrected chi connectivity index (χ0v) is 11.8. The molecule has 3 rings (SSSR count). The minimum absolute atomic E-state index is 0.232. The molecule has 0 fully saturated rings. The summed E-state index contributed by atoms with van der Waals surface area (Å²) in [6.45, 7) is 3.45. The molecule has 5 heteroatoms. The number of hydrogen-bond donors (Lipinski definition) is 2. The molecule has 0 aliphatic carbocycles. The molecule has 0 unspecified atom stereocenters. The van der Waals surface area contributed by atoms with Gasteiger partial charge in [-0.2, -0.15) is 0 Å². The molecule has 2 aromatic carbocycles. The fourth-order valence-electron chi connectivity index (χ4n) is 2.26. The largest absolute Gasteiger partial charge is 0.368 e. The maximum atomic E-state index is 11.4. The number of nitrogens with zero attached hydrogens (tertiary/aromatic N) is 2. The SMILES string of the molecule is C=CC(=O)Nc1cccc(-c2cccc3cnc(N)nc23)c1. The van der Waals surface area contributed by atoms with Crippen LogP contribution in [0, 0.1) is 0 Å². The molecule has 0 aliphatic heterocycles. The molecular weight excluding hydrogens is 276 g/mol. The highest BCUT2D eigenvalue weighted by Crippen LogP contribution is 2.29. The van der Waals surface area contributed by atoms with Crippen LogP contribution < -0.4 is 11.1 Å². The maximum Gasteiger partial charge on any atom is 0.247 e. The Morgan fingerprint density at radius 1 is 1.23 bits per heavy atom. The molecule has 0 atom stereocenters. The van der Waals surface area contributed by atoms with Gasteiger partial charge in [0.25, 0.3) is 0 Å². The topological polar surface area (TPSA) is 80.9 Å². The molecule has 1 aromatic heterocycles. The second kappa shape index (κ2) is 5.65. The van der Waals surface area contributed by atoms with E-state index in [-0.39, 0.29) is 11.9 Å². The number of anilines is 2. The van der Waals surface area contributed by atoms with Crippen LogP contribution in [0.4, 0.5) is 11.6 Å². The van der Waals surface area contributed by atoms with Crippen molar-refractivity contribution in [2.24, 2.45) is 0 Å². The molecule has 0 spiro atoms. The van der Waals surface area contributed by atoms with Crippen molar-refractivity contribution in [3.8, 4) is 11.1 Å². The van der Waals surface area contributed by atoms with E-state index >= 15 is 0 Å². The van der Waals surface area contributed by atoms with Crippen molar-refractivity contribution in [2.45, 2.75) is 0 Å². The van der Waals surface area contributed by atoms with E-state index in [4.69, 9.17) is 5.73 Å². The van der Waals surface area contributed by atoms with E-state index in [1.807, 2.05) is 42.5 Å². The third-order valence-electron chi connectivity index (χ3n) is 3.26. The number of hydrogen-bond acceptors (Lipinski definition) is 4. The number of amides is 1. The number of para-hydroxylation sites is 1. The molecule has 3 N–H and O–H groups in total. The highest BCUT2D eigenvalue weighted by molar-refractivity contribution is 6.00. The zero-order chi connectivity index (χ0) is 15.5. The predicted octanol–water partition coefficient (Wildman–Crippen LogP) is 3.00. The van der Waals surface area contributed by atoms with Gasteiger partial charge in [-0.3, -0.25) is 4.79 Å². The Morgan fingerprint density at radius 3 is 2.86 bits per heavy atom. The van der Waals surface area contributed by atoms with Crippen molar-refractivity contribution in [3.63, 3.8) is 0 Å². The Bertz CT molecular complexity index is 873. The molecule has 0 radical (unpaired) electrons. The van der Waals surface area contributed by atoms with Crippen LogP contribution in [0.1, 0.15) is 0 Å². The van der Waals surface area contributed by atoms with Gasteiger partial charge in [0.1, 0.15) is 0 Å². The van der Waals surface area contributed by atoms with Gasteiger partial charge in [0.05, 0.1) is 5.52 Å². The molecule has 108 valence electrons. The van der Waals surface area contributed by atoms with Crippen LogP contribution in [0.15, 0.2) is 61.3 Å². The monoisotopic (exact) mass is 290 g/mol. The Labute approximate surface area is 127 Å². The summed E-state index contributed by atoms with van der Waals surface area (Å²) in [6.07, 6.45) is 2.93. The highest BCUT2D eigenvalue weighted by Gasteiger charge is 2.07. The van der Waals surface area contributed by atoms with Gasteiger partial charge in [0, 0.05) is 22.8 Å². The van der Waals surface area contributed by atoms with Crippen LogP contribution in [0.5, 0.6) is 0 Å². The smallest absolute Gasteiger partial charge is 0.247 e. The normalized spacial score (nSPS) is 10.4. The quantitative estimate of drug-likeness (QED) is 0.727. The Kier molecular flexibility index (Phi) is 3.53. The van der Waals surface area contributed by atoms with E-state index in [1.54, 1.807) is 6.20 Å². The van der Waals surface area contributed by atoms with Gasteiger partial charge in [0.15, 0.2) is 0 Å². The number of carbonyl (C=O) groups excluding carboxylic acids is 1. The van der Waals surface area contributed by atoms with Crippen molar-refractivity contribution < 1.29 is 4.79 Å². The lowest BCUT2D eigenvalue weighted by molar-refractivity contribution is -0.111. The van der Waals surface area contributed by atoms with Gasteiger partial charge in [-0.05, 0) is 23.8 Å². The maximum absolute atomic E-state index is 11.4. The van der Waals surface area contributed by atoms with Gasteiger partial charge in [0.2, 0.25) is 11.9 Å². The highest BCUT2D eigenvalue weighted by atomic mass is 16.1. The van der Waals surface area contributed by atoms with Crippen molar-refractivity contribution in [3.05, 3.63) is 61.3 Å². The van der Waals surface area contributed by atoms with Crippen LogP contribution >= 0.6 is 0 Å². The van der Waals surface area contributed by atoms with E-state index in [2.05, 4.69) is 21.9 Å². The summed E-state index contributed by atoms with van der Waals surface area (Å²) in [7, 11) is 0. The minimum Gasteiger partial charge on any atom is -0.368 e. The molecular formula is C17H14N4O. The number of nitrogens with two attached hydrogens (primary N) is 1. The fourth-order valence-corrected chi connectivity index (χ4v) is 2.26. The Morgan fingerprint density at radius 2 is 2.05 bits per heavy atom. The summed E-state index contributed by atoms with van der Waals surface area (Å²) in [4.78, 5) is 19.8. The summed E-state index contributed by atoms with van der Waals surface area (Å²) < 4.78 is 0. The van der Waals surface area contributed by atoms with E-state index in [0.717, 1.165) is 22.0 Å². The minimum atomic E-state index is -0.248. The molecule has 0 saturated carbocycles. The second-order valence-corrected chi connectivity index (χ2v) is 4.75. The van der Waals surface area contributed by atoms with E-state index in [9.17, 15) is 4.79 Å². The van der Waals surface area contributed by atoms with Gasteiger partial charge in [-0.25, -0.2) is 9.97 Å². The second-order valence-electron chi connectivity index (χ2n) is 4.75. The van der Waals surface area contributed by atoms with Crippen LogP contribution in [-0.4, -0.2) is 15.9 Å². The van der Waals surface area contributed by atoms with Gasteiger partial charge >= 0.3 is 0 Å². The number of benzene rings is 2. The summed E-state index contributed by atoms with van der Waals surface area (Å²) in [5, 5.41) is 3.66. The molecule has 1 heterocycles. The first-order valence-electron chi connectivity index (χ1n) is 6.72. The first-order valence-corrected chi connectivity index (χ1v) is 6.72. The molecule has 5 nitrogen and oxygen atoms in total. The third-order valence-corrected chi connectivity index (χ3v) is 3.26. The molecule has 3 aromatic rings. The van der Waals surface area contributed by atoms with E-state index in [1.165, 1.54) is 6.08 Å². The fraction of sp³-hybridized carbons (Fsp3) is 0. The number of nitrogens with one attached hydrogen (secondary N) is 1. The lowest BCUT2D eigenvalue weighted by Crippen LogP contribution is -2.07. The van der Waals surface area contributed by atoms with Crippen molar-refractivity contribution in [1.82, 2.24) is 9.97 Å². The lowest BCUT2D eigenvalue weighted by Gasteiger charge is -2.09. The molecule has 0 saturated heterocycles. The zero-order valence-electron chi connectivity index (χ0n) is 11.8. The third kappa shape index (κ3) is 2.64. The number of rotatable bonds is 3. The van der Waals surface area contributed by atoms with Crippen LogP contribution in [-0.2, 0) is 4.79 Å². The van der Waals surface area contributed by atoms with Crippen molar-refractivity contribution in [1.29, 1.82) is 0 Å². The van der Waals surface area contributed by atoms with Crippen molar-refractivity contribution in [2.75, 3.05) is 11.1 Å². The van der Waals surface area contributed by atoms with Gasteiger partial charge < -0.3 is 11.1 Å². The number of nitrogen functional groups attached to an aromatic ring is 1. The Hall–Kier alpha value is -3.21. The van der Waals surface area contributed by atoms with E-state index in [0.29, 0.717) is 5.69 Å². The summed E-state index contributed by atoms with van der Waals surface area (Å²) in [5.74, 6) is -0.0160. The Balaban J connectivity index is 2.11. The molecule has 0 aliphatic rings. The van der Waals surface area contributed by atoms with Crippen molar-refractivity contribution >= 4 is 28.4 Å².